The van der Waals surface area contributed by atoms with Crippen LogP contribution in [-0.4, -0.2) is 24.4 Å². The third-order valence-corrected chi connectivity index (χ3v) is 4.96. The largest absolute Gasteiger partial charge is 0.497 e. The monoisotopic (exact) mass is 373 g/mol. The van der Waals surface area contributed by atoms with Crippen LogP contribution in [-0.2, 0) is 4.79 Å². The van der Waals surface area contributed by atoms with E-state index in [-0.39, 0.29) is 23.3 Å². The molecule has 0 saturated heterocycles. The molecule has 140 valence electrons. The minimum atomic E-state index is -0.186. The first kappa shape index (κ1) is 20.2. The van der Waals surface area contributed by atoms with Crippen LogP contribution in [0.1, 0.15) is 39.3 Å². The zero-order valence-corrected chi connectivity index (χ0v) is 16.8. The van der Waals surface area contributed by atoms with Crippen LogP contribution >= 0.6 is 11.8 Å². The molecule has 0 bridgehead atoms. The second kappa shape index (κ2) is 9.53. The molecule has 4 nitrogen and oxygen atoms in total. The average Bonchev–Trinajstić information content (AvgIpc) is 2.62. The van der Waals surface area contributed by atoms with Gasteiger partial charge in [-0.05, 0) is 69.7 Å². The van der Waals surface area contributed by atoms with Gasteiger partial charge in [-0.2, -0.15) is 0 Å². The number of hydrogen-bond donors (Lipinski definition) is 1. The van der Waals surface area contributed by atoms with Crippen molar-refractivity contribution < 1.29 is 14.3 Å². The van der Waals surface area contributed by atoms with Gasteiger partial charge >= 0.3 is 0 Å². The number of amides is 1. The SMILES string of the molecule is COc1ccc(SC(C)C(=O)NC(C)c2ccc(OC(C)C)cc2)cc1. The maximum Gasteiger partial charge on any atom is 0.233 e. The Labute approximate surface area is 160 Å². The number of benzene rings is 2. The second-order valence-electron chi connectivity index (χ2n) is 6.40. The molecule has 0 spiro atoms. The topological polar surface area (TPSA) is 47.6 Å². The number of carbonyl (C=O) groups is 1. The Morgan fingerprint density at radius 3 is 2.04 bits per heavy atom. The normalized spacial score (nSPS) is 13.2. The van der Waals surface area contributed by atoms with Crippen molar-refractivity contribution >= 4 is 17.7 Å². The Bertz CT molecular complexity index is 698. The van der Waals surface area contributed by atoms with Gasteiger partial charge in [0.1, 0.15) is 11.5 Å². The van der Waals surface area contributed by atoms with Gasteiger partial charge in [0.2, 0.25) is 5.91 Å². The summed E-state index contributed by atoms with van der Waals surface area (Å²) in [6, 6.07) is 15.5. The molecule has 0 fully saturated rings. The van der Waals surface area contributed by atoms with Crippen molar-refractivity contribution in [2.75, 3.05) is 7.11 Å². The molecule has 0 aromatic heterocycles. The zero-order valence-electron chi connectivity index (χ0n) is 16.0. The smallest absolute Gasteiger partial charge is 0.233 e. The Morgan fingerprint density at radius 2 is 1.50 bits per heavy atom. The summed E-state index contributed by atoms with van der Waals surface area (Å²) in [4.78, 5) is 13.5. The van der Waals surface area contributed by atoms with E-state index in [1.165, 1.54) is 11.8 Å². The zero-order chi connectivity index (χ0) is 19.1. The molecular formula is C21H27NO3S. The van der Waals surface area contributed by atoms with Crippen LogP contribution in [0.25, 0.3) is 0 Å². The first-order chi connectivity index (χ1) is 12.4. The minimum Gasteiger partial charge on any atom is -0.497 e. The lowest BCUT2D eigenvalue weighted by molar-refractivity contribution is -0.120. The van der Waals surface area contributed by atoms with E-state index in [0.717, 1.165) is 22.0 Å². The number of thioether (sulfide) groups is 1. The maximum atomic E-state index is 12.5. The molecule has 1 amide bonds. The average molecular weight is 374 g/mol. The summed E-state index contributed by atoms with van der Waals surface area (Å²) in [5.41, 5.74) is 1.05. The van der Waals surface area contributed by atoms with E-state index >= 15 is 0 Å². The van der Waals surface area contributed by atoms with Crippen LogP contribution in [0.3, 0.4) is 0 Å². The summed E-state index contributed by atoms with van der Waals surface area (Å²) in [7, 11) is 1.64. The van der Waals surface area contributed by atoms with E-state index in [9.17, 15) is 4.79 Å². The molecular weight excluding hydrogens is 346 g/mol. The molecule has 2 atom stereocenters. The highest BCUT2D eigenvalue weighted by molar-refractivity contribution is 8.00. The number of rotatable bonds is 8. The molecule has 26 heavy (non-hydrogen) atoms. The van der Waals surface area contributed by atoms with Gasteiger partial charge in [0.05, 0.1) is 24.5 Å². The van der Waals surface area contributed by atoms with Crippen LogP contribution in [0.4, 0.5) is 0 Å². The summed E-state index contributed by atoms with van der Waals surface area (Å²) in [5.74, 6) is 1.66. The Morgan fingerprint density at radius 1 is 0.923 bits per heavy atom. The Balaban J connectivity index is 1.90. The van der Waals surface area contributed by atoms with E-state index in [1.54, 1.807) is 7.11 Å². The van der Waals surface area contributed by atoms with E-state index < -0.39 is 0 Å². The third-order valence-electron chi connectivity index (χ3n) is 3.85. The van der Waals surface area contributed by atoms with Crippen molar-refractivity contribution in [1.29, 1.82) is 0 Å². The van der Waals surface area contributed by atoms with Gasteiger partial charge in [0.15, 0.2) is 0 Å². The molecule has 0 radical (unpaired) electrons. The second-order valence-corrected chi connectivity index (χ2v) is 7.82. The predicted molar refractivity (Wildman–Crippen MR) is 107 cm³/mol. The molecule has 0 aliphatic heterocycles. The van der Waals surface area contributed by atoms with Gasteiger partial charge in [-0.25, -0.2) is 0 Å². The number of carbonyl (C=O) groups excluding carboxylic acids is 1. The molecule has 0 aliphatic carbocycles. The van der Waals surface area contributed by atoms with Crippen molar-refractivity contribution in [1.82, 2.24) is 5.32 Å². The minimum absolute atomic E-state index is 0.0147. The summed E-state index contributed by atoms with van der Waals surface area (Å²) in [6.07, 6.45) is 0.147. The highest BCUT2D eigenvalue weighted by Gasteiger charge is 2.17. The highest BCUT2D eigenvalue weighted by atomic mass is 32.2. The fourth-order valence-corrected chi connectivity index (χ4v) is 3.31. The van der Waals surface area contributed by atoms with Crippen LogP contribution in [0, 0.1) is 0 Å². The molecule has 2 unspecified atom stereocenters. The fraction of sp³-hybridized carbons (Fsp3) is 0.381. The third kappa shape index (κ3) is 5.99. The standard InChI is InChI=1S/C21H27NO3S/c1-14(2)25-19-8-6-17(7-9-19)15(3)22-21(23)16(4)26-20-12-10-18(24-5)11-13-20/h6-16H,1-5H3,(H,22,23). The number of hydrogen-bond acceptors (Lipinski definition) is 4. The van der Waals surface area contributed by atoms with E-state index in [1.807, 2.05) is 76.2 Å². The van der Waals surface area contributed by atoms with Gasteiger partial charge < -0.3 is 14.8 Å². The summed E-state index contributed by atoms with van der Waals surface area (Å²) >= 11 is 1.53. The Hall–Kier alpha value is -2.14. The van der Waals surface area contributed by atoms with Crippen LogP contribution in [0.5, 0.6) is 11.5 Å². The van der Waals surface area contributed by atoms with Gasteiger partial charge in [-0.15, -0.1) is 11.8 Å². The van der Waals surface area contributed by atoms with E-state index in [4.69, 9.17) is 9.47 Å². The summed E-state index contributed by atoms with van der Waals surface area (Å²) in [5, 5.41) is 2.89. The highest BCUT2D eigenvalue weighted by Crippen LogP contribution is 2.26. The predicted octanol–water partition coefficient (Wildman–Crippen LogP) is 4.84. The molecule has 1 N–H and O–H groups in total. The van der Waals surface area contributed by atoms with Gasteiger partial charge in [0, 0.05) is 4.90 Å². The lowest BCUT2D eigenvalue weighted by Crippen LogP contribution is -2.33. The lowest BCUT2D eigenvalue weighted by Gasteiger charge is -2.18. The molecule has 0 aliphatic rings. The van der Waals surface area contributed by atoms with Gasteiger partial charge in [-0.1, -0.05) is 12.1 Å². The van der Waals surface area contributed by atoms with Crippen LogP contribution < -0.4 is 14.8 Å². The molecule has 0 saturated carbocycles. The van der Waals surface area contributed by atoms with Crippen molar-refractivity contribution in [2.45, 2.75) is 50.0 Å². The first-order valence-corrected chi connectivity index (χ1v) is 9.64. The van der Waals surface area contributed by atoms with Gasteiger partial charge in [-0.3, -0.25) is 4.79 Å². The van der Waals surface area contributed by atoms with Crippen LogP contribution in [0.15, 0.2) is 53.4 Å². The van der Waals surface area contributed by atoms with Crippen molar-refractivity contribution in [3.8, 4) is 11.5 Å². The molecule has 5 heteroatoms. The van der Waals surface area contributed by atoms with E-state index in [2.05, 4.69) is 5.32 Å². The van der Waals surface area contributed by atoms with Gasteiger partial charge in [0.25, 0.3) is 0 Å². The summed E-state index contributed by atoms with van der Waals surface area (Å²) in [6.45, 7) is 7.90. The van der Waals surface area contributed by atoms with Crippen molar-refractivity contribution in [3.63, 3.8) is 0 Å². The van der Waals surface area contributed by atoms with Crippen LogP contribution in [0.2, 0.25) is 0 Å². The van der Waals surface area contributed by atoms with Crippen molar-refractivity contribution in [3.05, 3.63) is 54.1 Å². The van der Waals surface area contributed by atoms with Crippen molar-refractivity contribution in [2.24, 2.45) is 0 Å². The van der Waals surface area contributed by atoms with E-state index in [0.29, 0.717) is 0 Å². The first-order valence-electron chi connectivity index (χ1n) is 8.76. The molecule has 0 heterocycles. The number of ether oxygens (including phenoxy) is 2. The molecule has 2 rings (SSSR count). The fourth-order valence-electron chi connectivity index (χ4n) is 2.43. The molecule has 2 aromatic carbocycles. The number of nitrogens with one attached hydrogen (secondary N) is 1. The Kier molecular flexibility index (Phi) is 7.39. The summed E-state index contributed by atoms with van der Waals surface area (Å²) < 4.78 is 10.8. The number of methoxy groups -OCH3 is 1. The quantitative estimate of drug-likeness (QED) is 0.673. The lowest BCUT2D eigenvalue weighted by atomic mass is 10.1. The molecule has 2 aromatic rings. The maximum absolute atomic E-state index is 12.5.